The molecule has 0 saturated carbocycles. The SMILES string of the molecule is COc1ccc(S(=O)(=O)N2CCCC2)cc1CCC(=O)NCc1ccc(-n2ccnc2C)cc1. The Morgan fingerprint density at radius 1 is 1.12 bits per heavy atom. The Morgan fingerprint density at radius 2 is 1.85 bits per heavy atom. The molecule has 1 fully saturated rings. The smallest absolute Gasteiger partial charge is 0.243 e. The van der Waals surface area contributed by atoms with Gasteiger partial charge in [-0.05, 0) is 67.6 Å². The van der Waals surface area contributed by atoms with Crippen molar-refractivity contribution in [2.75, 3.05) is 20.2 Å². The van der Waals surface area contributed by atoms with E-state index in [1.165, 1.54) is 4.31 Å². The first-order valence-electron chi connectivity index (χ1n) is 11.4. The van der Waals surface area contributed by atoms with Crippen molar-refractivity contribution in [2.24, 2.45) is 0 Å². The van der Waals surface area contributed by atoms with Gasteiger partial charge in [0.1, 0.15) is 11.6 Å². The molecule has 1 saturated heterocycles. The molecular weight excluding hydrogens is 452 g/mol. The molecule has 34 heavy (non-hydrogen) atoms. The van der Waals surface area contributed by atoms with Gasteiger partial charge in [-0.1, -0.05) is 12.1 Å². The molecule has 1 aliphatic rings. The number of carbonyl (C=O) groups excluding carboxylic acids is 1. The molecule has 1 aromatic heterocycles. The van der Waals surface area contributed by atoms with E-state index in [1.807, 2.05) is 42.0 Å². The van der Waals surface area contributed by atoms with E-state index in [-0.39, 0.29) is 17.2 Å². The molecule has 0 aliphatic carbocycles. The molecular formula is C25H30N4O4S. The summed E-state index contributed by atoms with van der Waals surface area (Å²) >= 11 is 0. The van der Waals surface area contributed by atoms with Crippen molar-refractivity contribution in [3.05, 3.63) is 71.8 Å². The first-order valence-corrected chi connectivity index (χ1v) is 12.9. The van der Waals surface area contributed by atoms with Gasteiger partial charge in [0.25, 0.3) is 0 Å². The number of rotatable bonds is 9. The molecule has 0 radical (unpaired) electrons. The van der Waals surface area contributed by atoms with E-state index in [9.17, 15) is 13.2 Å². The van der Waals surface area contributed by atoms with Crippen molar-refractivity contribution in [1.29, 1.82) is 0 Å². The highest BCUT2D eigenvalue weighted by Crippen LogP contribution is 2.27. The zero-order valence-corrected chi connectivity index (χ0v) is 20.3. The molecule has 0 unspecified atom stereocenters. The third kappa shape index (κ3) is 5.31. The van der Waals surface area contributed by atoms with Gasteiger partial charge in [-0.15, -0.1) is 0 Å². The molecule has 9 heteroatoms. The molecule has 3 aromatic rings. The number of hydrogen-bond donors (Lipinski definition) is 1. The zero-order chi connectivity index (χ0) is 24.1. The van der Waals surface area contributed by atoms with Crippen LogP contribution >= 0.6 is 0 Å². The molecule has 1 N–H and O–H groups in total. The maximum Gasteiger partial charge on any atom is 0.243 e. The number of amides is 1. The van der Waals surface area contributed by atoms with Crippen LogP contribution in [0.1, 0.15) is 36.2 Å². The van der Waals surface area contributed by atoms with E-state index >= 15 is 0 Å². The average molecular weight is 483 g/mol. The van der Waals surface area contributed by atoms with Gasteiger partial charge in [0.2, 0.25) is 15.9 Å². The summed E-state index contributed by atoms with van der Waals surface area (Å²) in [5, 5.41) is 2.94. The number of ether oxygens (including phenoxy) is 1. The number of nitrogens with zero attached hydrogens (tertiary/aromatic N) is 3. The summed E-state index contributed by atoms with van der Waals surface area (Å²) in [4.78, 5) is 17.0. The van der Waals surface area contributed by atoms with E-state index in [4.69, 9.17) is 4.74 Å². The van der Waals surface area contributed by atoms with Crippen molar-refractivity contribution in [3.8, 4) is 11.4 Å². The van der Waals surface area contributed by atoms with Gasteiger partial charge < -0.3 is 14.6 Å². The quantitative estimate of drug-likeness (QED) is 0.505. The van der Waals surface area contributed by atoms with E-state index in [0.717, 1.165) is 29.9 Å². The van der Waals surface area contributed by atoms with Crippen LogP contribution in [-0.2, 0) is 27.8 Å². The summed E-state index contributed by atoms with van der Waals surface area (Å²) in [6, 6.07) is 12.8. The standard InChI is InChI=1S/C25H30N4O4S/c1-19-26-13-16-29(19)22-8-5-20(6-9-22)18-27-25(30)12-7-21-17-23(10-11-24(21)33-2)34(31,32)28-14-3-4-15-28/h5-6,8-11,13,16-17H,3-4,7,12,14-15,18H2,1-2H3,(H,27,30). The van der Waals surface area contributed by atoms with Gasteiger partial charge in [0.15, 0.2) is 0 Å². The van der Waals surface area contributed by atoms with Crippen molar-refractivity contribution in [3.63, 3.8) is 0 Å². The van der Waals surface area contributed by atoms with E-state index in [2.05, 4.69) is 10.3 Å². The second-order valence-corrected chi connectivity index (χ2v) is 10.3. The van der Waals surface area contributed by atoms with E-state index < -0.39 is 10.0 Å². The molecule has 8 nitrogen and oxygen atoms in total. The van der Waals surface area contributed by atoms with Crippen LogP contribution in [-0.4, -0.2) is 48.4 Å². The third-order valence-corrected chi connectivity index (χ3v) is 8.00. The molecule has 0 bridgehead atoms. The van der Waals surface area contributed by atoms with Gasteiger partial charge in [-0.2, -0.15) is 4.31 Å². The number of nitrogens with one attached hydrogen (secondary N) is 1. The van der Waals surface area contributed by atoms with Crippen LogP contribution in [0.5, 0.6) is 5.75 Å². The lowest BCUT2D eigenvalue weighted by molar-refractivity contribution is -0.121. The Balaban J connectivity index is 1.35. The summed E-state index contributed by atoms with van der Waals surface area (Å²) < 4.78 is 34.7. The predicted octanol–water partition coefficient (Wildman–Crippen LogP) is 3.22. The number of carbonyl (C=O) groups is 1. The predicted molar refractivity (Wildman–Crippen MR) is 129 cm³/mol. The monoisotopic (exact) mass is 482 g/mol. The second-order valence-electron chi connectivity index (χ2n) is 8.37. The fourth-order valence-corrected chi connectivity index (χ4v) is 5.72. The maximum atomic E-state index is 12.9. The molecule has 4 rings (SSSR count). The molecule has 0 spiro atoms. The van der Waals surface area contributed by atoms with Gasteiger partial charge in [0, 0.05) is 44.1 Å². The molecule has 2 aromatic carbocycles. The molecule has 0 atom stereocenters. The normalized spacial score (nSPS) is 14.3. The highest BCUT2D eigenvalue weighted by Gasteiger charge is 2.27. The first-order chi connectivity index (χ1) is 16.4. The Kier molecular flexibility index (Phi) is 7.33. The van der Waals surface area contributed by atoms with Crippen LogP contribution < -0.4 is 10.1 Å². The van der Waals surface area contributed by atoms with Crippen molar-refractivity contribution in [2.45, 2.75) is 44.0 Å². The number of methoxy groups -OCH3 is 1. The van der Waals surface area contributed by atoms with Crippen molar-refractivity contribution in [1.82, 2.24) is 19.2 Å². The number of aromatic nitrogens is 2. The average Bonchev–Trinajstić information content (AvgIpc) is 3.54. The van der Waals surface area contributed by atoms with E-state index in [0.29, 0.717) is 37.4 Å². The summed E-state index contributed by atoms with van der Waals surface area (Å²) in [5.41, 5.74) is 2.71. The maximum absolute atomic E-state index is 12.9. The fourth-order valence-electron chi connectivity index (χ4n) is 4.15. The largest absolute Gasteiger partial charge is 0.496 e. The number of hydrogen-bond acceptors (Lipinski definition) is 5. The number of benzene rings is 2. The minimum atomic E-state index is -3.52. The summed E-state index contributed by atoms with van der Waals surface area (Å²) in [5.74, 6) is 1.39. The van der Waals surface area contributed by atoms with Crippen LogP contribution in [0.2, 0.25) is 0 Å². The summed E-state index contributed by atoms with van der Waals surface area (Å²) in [7, 11) is -1.98. The van der Waals surface area contributed by atoms with Crippen molar-refractivity contribution < 1.29 is 17.9 Å². The number of imidazole rings is 1. The number of aryl methyl sites for hydroxylation is 2. The molecule has 1 amide bonds. The Bertz CT molecular complexity index is 1250. The molecule has 1 aliphatic heterocycles. The zero-order valence-electron chi connectivity index (χ0n) is 19.5. The van der Waals surface area contributed by atoms with Gasteiger partial charge in [-0.25, -0.2) is 13.4 Å². The summed E-state index contributed by atoms with van der Waals surface area (Å²) in [6.45, 7) is 3.47. The van der Waals surface area contributed by atoms with E-state index in [1.54, 1.807) is 31.5 Å². The first kappa shape index (κ1) is 24.0. The minimum Gasteiger partial charge on any atom is -0.496 e. The summed E-state index contributed by atoms with van der Waals surface area (Å²) in [6.07, 6.45) is 6.05. The van der Waals surface area contributed by atoms with Crippen LogP contribution in [0, 0.1) is 6.92 Å². The van der Waals surface area contributed by atoms with Crippen LogP contribution in [0.4, 0.5) is 0 Å². The number of sulfonamides is 1. The lowest BCUT2D eigenvalue weighted by atomic mass is 10.1. The Labute approximate surface area is 200 Å². The van der Waals surface area contributed by atoms with Crippen molar-refractivity contribution >= 4 is 15.9 Å². The molecule has 180 valence electrons. The highest BCUT2D eigenvalue weighted by atomic mass is 32.2. The second kappa shape index (κ2) is 10.4. The topological polar surface area (TPSA) is 93.5 Å². The highest BCUT2D eigenvalue weighted by molar-refractivity contribution is 7.89. The molecule has 2 heterocycles. The van der Waals surface area contributed by atoms with Crippen LogP contribution in [0.25, 0.3) is 5.69 Å². The Hall–Kier alpha value is -3.17. The lowest BCUT2D eigenvalue weighted by Gasteiger charge is -2.17. The van der Waals surface area contributed by atoms with Gasteiger partial charge in [0.05, 0.1) is 12.0 Å². The van der Waals surface area contributed by atoms with Crippen LogP contribution in [0.15, 0.2) is 59.8 Å². The Morgan fingerprint density at radius 3 is 2.50 bits per heavy atom. The third-order valence-electron chi connectivity index (χ3n) is 6.11. The minimum absolute atomic E-state index is 0.107. The van der Waals surface area contributed by atoms with Gasteiger partial charge in [-0.3, -0.25) is 4.79 Å². The van der Waals surface area contributed by atoms with Gasteiger partial charge >= 0.3 is 0 Å². The van der Waals surface area contributed by atoms with Crippen LogP contribution in [0.3, 0.4) is 0 Å². The fraction of sp³-hybridized carbons (Fsp3) is 0.360. The lowest BCUT2D eigenvalue weighted by Crippen LogP contribution is -2.28.